The van der Waals surface area contributed by atoms with Gasteiger partial charge in [-0.25, -0.2) is 13.8 Å². The third kappa shape index (κ3) is 2.15. The monoisotopic (exact) mass is 284 g/mol. The Kier molecular flexibility index (Phi) is 2.77. The van der Waals surface area contributed by atoms with E-state index in [-0.39, 0.29) is 11.7 Å². The molecule has 3 heterocycles. The molecule has 1 amide bonds. The Morgan fingerprint density at radius 2 is 2.35 bits per heavy atom. The number of alkyl halides is 2. The van der Waals surface area contributed by atoms with Crippen LogP contribution in [0.5, 0.6) is 0 Å². The number of oxazole rings is 1. The number of rotatable bonds is 2. The van der Waals surface area contributed by atoms with Gasteiger partial charge in [0.2, 0.25) is 11.7 Å². The molecule has 1 aliphatic heterocycles. The van der Waals surface area contributed by atoms with Crippen molar-refractivity contribution in [2.24, 2.45) is 0 Å². The van der Waals surface area contributed by atoms with Gasteiger partial charge in [-0.15, -0.1) is 0 Å². The summed E-state index contributed by atoms with van der Waals surface area (Å²) >= 11 is 0. The molecule has 1 atom stereocenters. The fourth-order valence-electron chi connectivity index (χ4n) is 2.16. The standard InChI is InChI=1S/C11H10F2N4O3/c1-6-15-9(20-16-6)7-2-11(12,13)4-17(7)10(18)8-3-14-5-19-8/h3,5,7H,2,4H2,1H3/t7-/m0/s1. The van der Waals surface area contributed by atoms with E-state index in [1.165, 1.54) is 6.20 Å². The highest BCUT2D eigenvalue weighted by Crippen LogP contribution is 2.41. The maximum atomic E-state index is 13.6. The van der Waals surface area contributed by atoms with Crippen LogP contribution in [0, 0.1) is 6.92 Å². The summed E-state index contributed by atoms with van der Waals surface area (Å²) in [7, 11) is 0. The molecule has 1 fully saturated rings. The van der Waals surface area contributed by atoms with Gasteiger partial charge in [-0.1, -0.05) is 5.16 Å². The summed E-state index contributed by atoms with van der Waals surface area (Å²) < 4.78 is 37.0. The highest BCUT2D eigenvalue weighted by Gasteiger charge is 2.50. The van der Waals surface area contributed by atoms with E-state index >= 15 is 0 Å². The van der Waals surface area contributed by atoms with Crippen molar-refractivity contribution in [3.63, 3.8) is 0 Å². The Hall–Kier alpha value is -2.32. The van der Waals surface area contributed by atoms with Crippen LogP contribution in [0.3, 0.4) is 0 Å². The Balaban J connectivity index is 1.93. The first-order valence-electron chi connectivity index (χ1n) is 5.84. The molecule has 0 radical (unpaired) electrons. The highest BCUT2D eigenvalue weighted by atomic mass is 19.3. The maximum Gasteiger partial charge on any atom is 0.292 e. The van der Waals surface area contributed by atoms with Crippen LogP contribution in [-0.2, 0) is 0 Å². The molecule has 2 aromatic heterocycles. The SMILES string of the molecule is Cc1noc([C@@H]2CC(F)(F)CN2C(=O)c2cnco2)n1. The van der Waals surface area contributed by atoms with Crippen LogP contribution in [0.25, 0.3) is 0 Å². The van der Waals surface area contributed by atoms with Crippen LogP contribution in [0.15, 0.2) is 21.5 Å². The van der Waals surface area contributed by atoms with Gasteiger partial charge in [-0.2, -0.15) is 4.98 Å². The first-order valence-corrected chi connectivity index (χ1v) is 5.84. The lowest BCUT2D eigenvalue weighted by Crippen LogP contribution is -2.32. The number of hydrogen-bond donors (Lipinski definition) is 0. The number of aromatic nitrogens is 3. The van der Waals surface area contributed by atoms with E-state index in [2.05, 4.69) is 15.1 Å². The second kappa shape index (κ2) is 4.36. The van der Waals surface area contributed by atoms with Crippen molar-refractivity contribution in [1.82, 2.24) is 20.0 Å². The molecule has 1 saturated heterocycles. The molecule has 106 valence electrons. The predicted molar refractivity (Wildman–Crippen MR) is 58.9 cm³/mol. The fourth-order valence-corrected chi connectivity index (χ4v) is 2.16. The first kappa shape index (κ1) is 12.7. The van der Waals surface area contributed by atoms with Crippen LogP contribution in [0.1, 0.15) is 34.7 Å². The van der Waals surface area contributed by atoms with Crippen LogP contribution < -0.4 is 0 Å². The second-order valence-electron chi connectivity index (χ2n) is 4.55. The molecule has 0 bridgehead atoms. The van der Waals surface area contributed by atoms with E-state index in [4.69, 9.17) is 8.94 Å². The molecule has 20 heavy (non-hydrogen) atoms. The van der Waals surface area contributed by atoms with Gasteiger partial charge in [0.05, 0.1) is 12.7 Å². The predicted octanol–water partition coefficient (Wildman–Crippen LogP) is 1.59. The van der Waals surface area contributed by atoms with Crippen molar-refractivity contribution < 1.29 is 22.5 Å². The van der Waals surface area contributed by atoms with Gasteiger partial charge in [0, 0.05) is 6.42 Å². The Labute approximate surface area is 111 Å². The summed E-state index contributed by atoms with van der Waals surface area (Å²) in [6.45, 7) is 0.849. The summed E-state index contributed by atoms with van der Waals surface area (Å²) in [6.07, 6.45) is 1.68. The van der Waals surface area contributed by atoms with Crippen LogP contribution in [-0.4, -0.2) is 38.4 Å². The lowest BCUT2D eigenvalue weighted by atomic mass is 10.2. The van der Waals surface area contributed by atoms with E-state index in [0.29, 0.717) is 5.82 Å². The minimum atomic E-state index is -3.01. The topological polar surface area (TPSA) is 85.3 Å². The average molecular weight is 284 g/mol. The van der Waals surface area contributed by atoms with Crippen LogP contribution >= 0.6 is 0 Å². The number of aryl methyl sites for hydroxylation is 1. The van der Waals surface area contributed by atoms with Crippen molar-refractivity contribution in [3.05, 3.63) is 30.1 Å². The van der Waals surface area contributed by atoms with Crippen molar-refractivity contribution in [1.29, 1.82) is 0 Å². The second-order valence-corrected chi connectivity index (χ2v) is 4.55. The van der Waals surface area contributed by atoms with E-state index in [1.807, 2.05) is 0 Å². The van der Waals surface area contributed by atoms with E-state index in [1.54, 1.807) is 6.92 Å². The van der Waals surface area contributed by atoms with Gasteiger partial charge in [-0.3, -0.25) is 4.79 Å². The van der Waals surface area contributed by atoms with Gasteiger partial charge in [0.1, 0.15) is 6.04 Å². The molecule has 0 N–H and O–H groups in total. The molecule has 0 saturated carbocycles. The maximum absolute atomic E-state index is 13.6. The normalized spacial score (nSPS) is 21.4. The molecule has 7 nitrogen and oxygen atoms in total. The molecule has 9 heteroatoms. The number of carbonyl (C=O) groups excluding carboxylic acids is 1. The van der Waals surface area contributed by atoms with Crippen molar-refractivity contribution in [3.8, 4) is 0 Å². The Bertz CT molecular complexity index is 625. The van der Waals surface area contributed by atoms with E-state index in [0.717, 1.165) is 11.3 Å². The van der Waals surface area contributed by atoms with Crippen LogP contribution in [0.2, 0.25) is 0 Å². The van der Waals surface area contributed by atoms with Crippen molar-refractivity contribution in [2.75, 3.05) is 6.54 Å². The minimum Gasteiger partial charge on any atom is -0.438 e. The summed E-state index contributed by atoms with van der Waals surface area (Å²) in [5.74, 6) is -3.48. The third-order valence-corrected chi connectivity index (χ3v) is 3.00. The zero-order valence-corrected chi connectivity index (χ0v) is 10.4. The number of likely N-dealkylation sites (tertiary alicyclic amines) is 1. The molecule has 0 unspecified atom stereocenters. The number of carbonyl (C=O) groups is 1. The molecule has 1 aliphatic rings. The fraction of sp³-hybridized carbons (Fsp3) is 0.455. The Morgan fingerprint density at radius 3 is 2.95 bits per heavy atom. The molecular formula is C11H10F2N4O3. The van der Waals surface area contributed by atoms with E-state index in [9.17, 15) is 13.6 Å². The lowest BCUT2D eigenvalue weighted by molar-refractivity contribution is 0.0113. The number of halogens is 2. The van der Waals surface area contributed by atoms with Crippen molar-refractivity contribution >= 4 is 5.91 Å². The molecule has 2 aromatic rings. The zero-order valence-electron chi connectivity index (χ0n) is 10.4. The number of hydrogen-bond acceptors (Lipinski definition) is 6. The number of nitrogens with zero attached hydrogens (tertiary/aromatic N) is 4. The molecule has 0 aliphatic carbocycles. The number of amides is 1. The summed E-state index contributed by atoms with van der Waals surface area (Å²) in [4.78, 5) is 20.6. The summed E-state index contributed by atoms with van der Waals surface area (Å²) in [5.41, 5.74) is 0. The molecular weight excluding hydrogens is 274 g/mol. The molecule has 0 spiro atoms. The van der Waals surface area contributed by atoms with Gasteiger partial charge in [-0.05, 0) is 6.92 Å². The summed E-state index contributed by atoms with van der Waals surface area (Å²) in [6, 6.07) is -0.969. The van der Waals surface area contributed by atoms with Crippen LogP contribution in [0.4, 0.5) is 8.78 Å². The largest absolute Gasteiger partial charge is 0.438 e. The molecule has 3 rings (SSSR count). The van der Waals surface area contributed by atoms with Gasteiger partial charge in [0.15, 0.2) is 12.2 Å². The third-order valence-electron chi connectivity index (χ3n) is 3.00. The average Bonchev–Trinajstić information content (AvgIpc) is 3.07. The molecule has 0 aromatic carbocycles. The quantitative estimate of drug-likeness (QED) is 0.832. The Morgan fingerprint density at radius 1 is 1.55 bits per heavy atom. The van der Waals surface area contributed by atoms with Crippen molar-refractivity contribution in [2.45, 2.75) is 25.3 Å². The lowest BCUT2D eigenvalue weighted by Gasteiger charge is -2.19. The summed E-state index contributed by atoms with van der Waals surface area (Å²) in [5, 5.41) is 3.56. The zero-order chi connectivity index (χ0) is 14.3. The highest BCUT2D eigenvalue weighted by molar-refractivity contribution is 5.91. The van der Waals surface area contributed by atoms with Gasteiger partial charge < -0.3 is 13.8 Å². The van der Waals surface area contributed by atoms with Gasteiger partial charge in [0.25, 0.3) is 11.8 Å². The minimum absolute atomic E-state index is 0.00691. The smallest absolute Gasteiger partial charge is 0.292 e. The van der Waals surface area contributed by atoms with Gasteiger partial charge >= 0.3 is 0 Å². The van der Waals surface area contributed by atoms with E-state index < -0.39 is 30.8 Å². The first-order chi connectivity index (χ1) is 9.46.